The molecule has 2 aromatic rings. The van der Waals surface area contributed by atoms with Crippen molar-refractivity contribution in [1.29, 1.82) is 0 Å². The molecule has 1 atom stereocenters. The zero-order valence-electron chi connectivity index (χ0n) is 10.6. The van der Waals surface area contributed by atoms with E-state index in [9.17, 15) is 10.1 Å². The lowest BCUT2D eigenvalue weighted by Crippen LogP contribution is -2.17. The zero-order valence-corrected chi connectivity index (χ0v) is 12.9. The summed E-state index contributed by atoms with van der Waals surface area (Å²) in [4.78, 5) is 10.2. The fourth-order valence-corrected chi connectivity index (χ4v) is 2.76. The summed E-state index contributed by atoms with van der Waals surface area (Å²) in [6, 6.07) is 7.13. The molecule has 0 aliphatic heterocycles. The molecule has 2 rings (SSSR count). The molecule has 1 N–H and O–H groups in total. The fourth-order valence-electron chi connectivity index (χ4n) is 1.72. The van der Waals surface area contributed by atoms with Crippen LogP contribution in [-0.4, -0.2) is 4.92 Å². The molecule has 0 bridgehead atoms. The average molecular weight is 331 g/mol. The van der Waals surface area contributed by atoms with Crippen molar-refractivity contribution < 1.29 is 4.92 Å². The maximum atomic E-state index is 10.6. The predicted molar refractivity (Wildman–Crippen MR) is 82.7 cm³/mol. The van der Waals surface area contributed by atoms with Crippen molar-refractivity contribution in [2.75, 3.05) is 0 Å². The Morgan fingerprint density at radius 2 is 2.10 bits per heavy atom. The van der Waals surface area contributed by atoms with Crippen molar-refractivity contribution in [2.24, 2.45) is 0 Å². The van der Waals surface area contributed by atoms with Gasteiger partial charge in [0.1, 0.15) is 0 Å². The number of rotatable bonds is 5. The van der Waals surface area contributed by atoms with E-state index in [1.807, 2.05) is 19.1 Å². The summed E-state index contributed by atoms with van der Waals surface area (Å²) in [5, 5.41) is 16.9. The number of halogens is 2. The van der Waals surface area contributed by atoms with Gasteiger partial charge in [-0.25, -0.2) is 0 Å². The minimum atomic E-state index is -0.378. The minimum absolute atomic E-state index is 0.0729. The second kappa shape index (κ2) is 6.54. The Labute approximate surface area is 130 Å². The van der Waals surface area contributed by atoms with E-state index in [1.54, 1.807) is 17.5 Å². The second-order valence-electron chi connectivity index (χ2n) is 4.33. The molecule has 1 aromatic heterocycles. The third-order valence-electron chi connectivity index (χ3n) is 2.88. The van der Waals surface area contributed by atoms with Gasteiger partial charge in [-0.05, 0) is 30.2 Å². The van der Waals surface area contributed by atoms with Gasteiger partial charge in [-0.15, -0.1) is 0 Å². The maximum absolute atomic E-state index is 10.6. The molecule has 1 unspecified atom stereocenters. The quantitative estimate of drug-likeness (QED) is 0.632. The molecule has 0 fully saturated rings. The highest BCUT2D eigenvalue weighted by Gasteiger charge is 2.11. The van der Waals surface area contributed by atoms with E-state index in [0.29, 0.717) is 16.6 Å². The van der Waals surface area contributed by atoms with Crippen molar-refractivity contribution >= 4 is 39.5 Å². The first-order chi connectivity index (χ1) is 9.47. The van der Waals surface area contributed by atoms with Crippen molar-refractivity contribution in [3.8, 4) is 0 Å². The van der Waals surface area contributed by atoms with Crippen molar-refractivity contribution in [2.45, 2.75) is 19.5 Å². The number of hydrogen-bond acceptors (Lipinski definition) is 4. The van der Waals surface area contributed by atoms with E-state index < -0.39 is 0 Å². The Hall–Kier alpha value is -1.14. The largest absolute Gasteiger partial charge is 0.324 e. The molecule has 0 radical (unpaired) electrons. The third kappa shape index (κ3) is 3.70. The molecule has 0 amide bonds. The molecule has 1 aromatic carbocycles. The predicted octanol–water partition coefficient (Wildman–Crippen LogP) is 4.81. The molecule has 0 aliphatic rings. The van der Waals surface area contributed by atoms with Crippen LogP contribution in [0.25, 0.3) is 0 Å². The van der Waals surface area contributed by atoms with E-state index in [-0.39, 0.29) is 16.0 Å². The van der Waals surface area contributed by atoms with Crippen LogP contribution in [0, 0.1) is 10.1 Å². The Bertz CT molecular complexity index is 631. The van der Waals surface area contributed by atoms with Crippen LogP contribution in [0.15, 0.2) is 29.6 Å². The SMILES string of the molecule is CC(NCc1csc([N+](=O)[O-])c1)c1ccc(Cl)c(Cl)c1. The average Bonchev–Trinajstić information content (AvgIpc) is 2.88. The first-order valence-electron chi connectivity index (χ1n) is 5.87. The first kappa shape index (κ1) is 15.3. The lowest BCUT2D eigenvalue weighted by Gasteiger charge is -2.14. The first-order valence-corrected chi connectivity index (χ1v) is 7.51. The zero-order chi connectivity index (χ0) is 14.7. The van der Waals surface area contributed by atoms with E-state index in [4.69, 9.17) is 23.2 Å². The van der Waals surface area contributed by atoms with Gasteiger partial charge >= 0.3 is 5.00 Å². The van der Waals surface area contributed by atoms with Gasteiger partial charge in [0, 0.05) is 24.0 Å². The Morgan fingerprint density at radius 1 is 1.35 bits per heavy atom. The summed E-state index contributed by atoms with van der Waals surface area (Å²) < 4.78 is 0. The lowest BCUT2D eigenvalue weighted by atomic mass is 10.1. The number of thiophene rings is 1. The van der Waals surface area contributed by atoms with Crippen LogP contribution in [0.3, 0.4) is 0 Å². The van der Waals surface area contributed by atoms with Crippen LogP contribution in [0.2, 0.25) is 10.0 Å². The topological polar surface area (TPSA) is 55.2 Å². The normalized spacial score (nSPS) is 12.3. The van der Waals surface area contributed by atoms with Crippen molar-refractivity contribution in [3.63, 3.8) is 0 Å². The van der Waals surface area contributed by atoms with Crippen LogP contribution in [0.1, 0.15) is 24.1 Å². The molecular formula is C13H12Cl2N2O2S. The standard InChI is InChI=1S/C13H12Cl2N2O2S/c1-8(10-2-3-11(14)12(15)5-10)16-6-9-4-13(17(18)19)20-7-9/h2-5,7-8,16H,6H2,1H3. The van der Waals surface area contributed by atoms with Gasteiger partial charge in [-0.3, -0.25) is 10.1 Å². The number of nitrogens with one attached hydrogen (secondary N) is 1. The number of nitro groups is 1. The Balaban J connectivity index is 1.98. The Kier molecular flexibility index (Phi) is 4.99. The van der Waals surface area contributed by atoms with Gasteiger partial charge in [0.2, 0.25) is 0 Å². The molecular weight excluding hydrogens is 319 g/mol. The van der Waals surface area contributed by atoms with Gasteiger partial charge in [0.15, 0.2) is 0 Å². The van der Waals surface area contributed by atoms with Crippen molar-refractivity contribution in [3.05, 3.63) is 60.9 Å². The van der Waals surface area contributed by atoms with Crippen LogP contribution in [0.5, 0.6) is 0 Å². The second-order valence-corrected chi connectivity index (χ2v) is 6.03. The molecule has 4 nitrogen and oxygen atoms in total. The highest BCUT2D eigenvalue weighted by atomic mass is 35.5. The van der Waals surface area contributed by atoms with Crippen LogP contribution < -0.4 is 5.32 Å². The van der Waals surface area contributed by atoms with E-state index in [2.05, 4.69) is 5.32 Å². The molecule has 20 heavy (non-hydrogen) atoms. The van der Waals surface area contributed by atoms with E-state index in [0.717, 1.165) is 22.5 Å². The lowest BCUT2D eigenvalue weighted by molar-refractivity contribution is -0.380. The number of benzene rings is 1. The smallest absolute Gasteiger partial charge is 0.306 e. The maximum Gasteiger partial charge on any atom is 0.324 e. The Morgan fingerprint density at radius 3 is 2.70 bits per heavy atom. The minimum Gasteiger partial charge on any atom is -0.306 e. The molecule has 106 valence electrons. The summed E-state index contributed by atoms with van der Waals surface area (Å²) in [7, 11) is 0. The molecule has 0 saturated heterocycles. The molecule has 7 heteroatoms. The molecule has 0 saturated carbocycles. The van der Waals surface area contributed by atoms with Gasteiger partial charge < -0.3 is 5.32 Å². The van der Waals surface area contributed by atoms with Crippen molar-refractivity contribution in [1.82, 2.24) is 5.32 Å². The summed E-state index contributed by atoms with van der Waals surface area (Å²) in [5.41, 5.74) is 1.91. The highest BCUT2D eigenvalue weighted by Crippen LogP contribution is 2.26. The number of hydrogen-bond donors (Lipinski definition) is 1. The van der Waals surface area contributed by atoms with Gasteiger partial charge in [-0.1, -0.05) is 40.6 Å². The summed E-state index contributed by atoms with van der Waals surface area (Å²) in [6.07, 6.45) is 0. The number of nitrogens with zero attached hydrogens (tertiary/aromatic N) is 1. The van der Waals surface area contributed by atoms with E-state index >= 15 is 0 Å². The monoisotopic (exact) mass is 330 g/mol. The highest BCUT2D eigenvalue weighted by molar-refractivity contribution is 7.13. The fraction of sp³-hybridized carbons (Fsp3) is 0.231. The van der Waals surface area contributed by atoms with Gasteiger partial charge in [-0.2, -0.15) is 0 Å². The third-order valence-corrected chi connectivity index (χ3v) is 4.54. The van der Waals surface area contributed by atoms with Crippen LogP contribution in [-0.2, 0) is 6.54 Å². The molecule has 0 aliphatic carbocycles. The van der Waals surface area contributed by atoms with E-state index in [1.165, 1.54) is 0 Å². The summed E-state index contributed by atoms with van der Waals surface area (Å²) >= 11 is 13.0. The van der Waals surface area contributed by atoms with Crippen LogP contribution >= 0.6 is 34.5 Å². The van der Waals surface area contributed by atoms with Crippen LogP contribution in [0.4, 0.5) is 5.00 Å². The molecule has 1 heterocycles. The van der Waals surface area contributed by atoms with Gasteiger partial charge in [0.25, 0.3) is 0 Å². The summed E-state index contributed by atoms with van der Waals surface area (Å²) in [6.45, 7) is 2.56. The molecule has 0 spiro atoms. The van der Waals surface area contributed by atoms with Gasteiger partial charge in [0.05, 0.1) is 15.0 Å². The summed E-state index contributed by atoms with van der Waals surface area (Å²) in [5.74, 6) is 0.